The van der Waals surface area contributed by atoms with E-state index in [1.165, 1.54) is 22.3 Å². The highest BCUT2D eigenvalue weighted by atomic mass is 79.9. The Morgan fingerprint density at radius 1 is 1.05 bits per heavy atom. The molecule has 0 aliphatic carbocycles. The summed E-state index contributed by atoms with van der Waals surface area (Å²) in [4.78, 5) is 0. The van der Waals surface area contributed by atoms with Crippen LogP contribution in [0.1, 0.15) is 40.8 Å². The fourth-order valence-corrected chi connectivity index (χ4v) is 3.50. The number of halogens is 2. The highest BCUT2D eigenvalue weighted by Gasteiger charge is 2.17. The first-order valence-electron chi connectivity index (χ1n) is 7.19. The molecule has 1 N–H and O–H groups in total. The second kappa shape index (κ2) is 6.95. The number of rotatable bonds is 4. The van der Waals surface area contributed by atoms with Crippen molar-refractivity contribution in [2.75, 3.05) is 6.54 Å². The van der Waals surface area contributed by atoms with E-state index in [0.717, 1.165) is 21.6 Å². The Bertz CT molecular complexity index is 632. The molecule has 0 amide bonds. The second-order valence-electron chi connectivity index (χ2n) is 5.51. The Hall–Kier alpha value is -0.830. The lowest BCUT2D eigenvalue weighted by Gasteiger charge is -2.22. The normalized spacial score (nSPS) is 12.5. The fourth-order valence-electron chi connectivity index (χ4n) is 2.66. The first kappa shape index (κ1) is 16.5. The maximum atomic E-state index is 6.24. The summed E-state index contributed by atoms with van der Waals surface area (Å²) in [6, 6.07) is 11.0. The van der Waals surface area contributed by atoms with E-state index in [1.807, 2.05) is 0 Å². The molecule has 1 unspecified atom stereocenters. The Morgan fingerprint density at radius 2 is 1.76 bits per heavy atom. The van der Waals surface area contributed by atoms with Crippen LogP contribution in [0.4, 0.5) is 0 Å². The largest absolute Gasteiger partial charge is 0.307 e. The van der Waals surface area contributed by atoms with E-state index in [1.54, 1.807) is 0 Å². The molecule has 0 bridgehead atoms. The summed E-state index contributed by atoms with van der Waals surface area (Å²) in [5, 5.41) is 4.42. The van der Waals surface area contributed by atoms with Crippen LogP contribution in [0.2, 0.25) is 5.02 Å². The molecule has 3 heteroatoms. The Kier molecular flexibility index (Phi) is 5.48. The van der Waals surface area contributed by atoms with Gasteiger partial charge in [-0.3, -0.25) is 0 Å². The van der Waals surface area contributed by atoms with Crippen molar-refractivity contribution in [3.8, 4) is 0 Å². The molecule has 0 saturated heterocycles. The summed E-state index contributed by atoms with van der Waals surface area (Å²) < 4.78 is 1.11. The summed E-state index contributed by atoms with van der Waals surface area (Å²) >= 11 is 9.84. The number of hydrogen-bond donors (Lipinski definition) is 1. The van der Waals surface area contributed by atoms with Gasteiger partial charge in [0.05, 0.1) is 6.04 Å². The molecule has 1 nitrogen and oxygen atoms in total. The third-order valence-corrected chi connectivity index (χ3v) is 4.53. The lowest BCUT2D eigenvalue weighted by atomic mass is 9.92. The van der Waals surface area contributed by atoms with Crippen LogP contribution in [-0.2, 0) is 0 Å². The summed E-state index contributed by atoms with van der Waals surface area (Å²) in [5.74, 6) is 0. The Balaban J connectivity index is 2.55. The first-order chi connectivity index (χ1) is 9.92. The van der Waals surface area contributed by atoms with Gasteiger partial charge in [0.1, 0.15) is 0 Å². The van der Waals surface area contributed by atoms with Crippen LogP contribution in [0, 0.1) is 20.8 Å². The van der Waals surface area contributed by atoms with Crippen molar-refractivity contribution in [2.24, 2.45) is 0 Å². The average molecular weight is 367 g/mol. The zero-order valence-electron chi connectivity index (χ0n) is 12.9. The smallest absolute Gasteiger partial charge is 0.0579 e. The van der Waals surface area contributed by atoms with Crippen LogP contribution >= 0.6 is 27.5 Å². The molecule has 0 aliphatic rings. The van der Waals surface area contributed by atoms with Crippen molar-refractivity contribution < 1.29 is 0 Å². The molecule has 0 spiro atoms. The standard InChI is InChI=1S/C18H21BrClN/c1-5-21-18(14-6-11(2)7-15(19)10-14)16-8-13(4)17(20)9-12(16)3/h6-10,18,21H,5H2,1-4H3. The molecule has 0 fully saturated rings. The van der Waals surface area contributed by atoms with Gasteiger partial charge < -0.3 is 5.32 Å². The van der Waals surface area contributed by atoms with E-state index < -0.39 is 0 Å². The molecule has 0 aliphatic heterocycles. The maximum Gasteiger partial charge on any atom is 0.0579 e. The lowest BCUT2D eigenvalue weighted by Crippen LogP contribution is -2.23. The predicted molar refractivity (Wildman–Crippen MR) is 95.3 cm³/mol. The molecular weight excluding hydrogens is 346 g/mol. The first-order valence-corrected chi connectivity index (χ1v) is 8.36. The summed E-state index contributed by atoms with van der Waals surface area (Å²) in [6.45, 7) is 9.35. The predicted octanol–water partition coefficient (Wildman–Crippen LogP) is 5.73. The van der Waals surface area contributed by atoms with Crippen molar-refractivity contribution in [3.63, 3.8) is 0 Å². The Morgan fingerprint density at radius 3 is 2.38 bits per heavy atom. The number of hydrogen-bond acceptors (Lipinski definition) is 1. The van der Waals surface area contributed by atoms with Crippen molar-refractivity contribution in [2.45, 2.75) is 33.7 Å². The van der Waals surface area contributed by atoms with Gasteiger partial charge in [-0.05, 0) is 73.3 Å². The summed E-state index contributed by atoms with van der Waals surface area (Å²) in [6.07, 6.45) is 0. The van der Waals surface area contributed by atoms with Crippen LogP contribution in [-0.4, -0.2) is 6.54 Å². The van der Waals surface area contributed by atoms with E-state index in [0.29, 0.717) is 0 Å². The number of aryl methyl sites for hydroxylation is 3. The van der Waals surface area contributed by atoms with Crippen molar-refractivity contribution in [1.29, 1.82) is 0 Å². The second-order valence-corrected chi connectivity index (χ2v) is 6.83. The van der Waals surface area contributed by atoms with E-state index in [2.05, 4.69) is 79.3 Å². The maximum absolute atomic E-state index is 6.24. The van der Waals surface area contributed by atoms with Crippen molar-refractivity contribution >= 4 is 27.5 Å². The molecule has 112 valence electrons. The molecule has 1 atom stereocenters. The minimum Gasteiger partial charge on any atom is -0.307 e. The van der Waals surface area contributed by atoms with Crippen LogP contribution in [0.15, 0.2) is 34.8 Å². The Labute approximate surface area is 140 Å². The van der Waals surface area contributed by atoms with E-state index in [4.69, 9.17) is 11.6 Å². The zero-order valence-corrected chi connectivity index (χ0v) is 15.3. The minimum absolute atomic E-state index is 0.183. The van der Waals surface area contributed by atoms with Crippen LogP contribution in [0.3, 0.4) is 0 Å². The van der Waals surface area contributed by atoms with Gasteiger partial charge in [-0.25, -0.2) is 0 Å². The molecule has 0 heterocycles. The molecular formula is C18H21BrClN. The summed E-state index contributed by atoms with van der Waals surface area (Å²) in [5.41, 5.74) is 6.15. The molecule has 21 heavy (non-hydrogen) atoms. The highest BCUT2D eigenvalue weighted by molar-refractivity contribution is 9.10. The third-order valence-electron chi connectivity index (χ3n) is 3.66. The van der Waals surface area contributed by atoms with Crippen molar-refractivity contribution in [1.82, 2.24) is 5.32 Å². The highest BCUT2D eigenvalue weighted by Crippen LogP contribution is 2.31. The third kappa shape index (κ3) is 3.88. The molecule has 2 rings (SSSR count). The van der Waals surface area contributed by atoms with E-state index >= 15 is 0 Å². The van der Waals surface area contributed by atoms with Crippen LogP contribution in [0.5, 0.6) is 0 Å². The molecule has 2 aromatic rings. The molecule has 2 aromatic carbocycles. The fraction of sp³-hybridized carbons (Fsp3) is 0.333. The SMILES string of the molecule is CCNC(c1cc(C)cc(Br)c1)c1cc(C)c(Cl)cc1C. The average Bonchev–Trinajstić information content (AvgIpc) is 2.39. The van der Waals surface area contributed by atoms with Crippen LogP contribution in [0.25, 0.3) is 0 Å². The van der Waals surface area contributed by atoms with Crippen LogP contribution < -0.4 is 5.32 Å². The summed E-state index contributed by atoms with van der Waals surface area (Å²) in [7, 11) is 0. The van der Waals surface area contributed by atoms with Crippen molar-refractivity contribution in [3.05, 3.63) is 67.6 Å². The molecule has 0 saturated carbocycles. The minimum atomic E-state index is 0.183. The molecule has 0 aromatic heterocycles. The quantitative estimate of drug-likeness (QED) is 0.729. The van der Waals surface area contributed by atoms with E-state index in [9.17, 15) is 0 Å². The van der Waals surface area contributed by atoms with Gasteiger partial charge in [-0.1, -0.05) is 46.6 Å². The lowest BCUT2D eigenvalue weighted by molar-refractivity contribution is 0.626. The number of benzene rings is 2. The monoisotopic (exact) mass is 365 g/mol. The van der Waals surface area contributed by atoms with E-state index in [-0.39, 0.29) is 6.04 Å². The van der Waals surface area contributed by atoms with Gasteiger partial charge in [0.25, 0.3) is 0 Å². The van der Waals surface area contributed by atoms with Gasteiger partial charge in [0, 0.05) is 9.50 Å². The molecule has 0 radical (unpaired) electrons. The zero-order chi connectivity index (χ0) is 15.6. The van der Waals surface area contributed by atoms with Gasteiger partial charge in [-0.15, -0.1) is 0 Å². The topological polar surface area (TPSA) is 12.0 Å². The van der Waals surface area contributed by atoms with Gasteiger partial charge in [-0.2, -0.15) is 0 Å². The van der Waals surface area contributed by atoms with Gasteiger partial charge in [0.15, 0.2) is 0 Å². The van der Waals surface area contributed by atoms with Gasteiger partial charge >= 0.3 is 0 Å². The number of nitrogens with one attached hydrogen (secondary N) is 1. The van der Waals surface area contributed by atoms with Gasteiger partial charge in [0.2, 0.25) is 0 Å².